The first-order valence-electron chi connectivity index (χ1n) is 7.42. The summed E-state index contributed by atoms with van der Waals surface area (Å²) in [7, 11) is 1.27. The van der Waals surface area contributed by atoms with Gasteiger partial charge in [0, 0.05) is 17.1 Å². The SMILES string of the molecule is COC(=O)c1ccc(NC(=O)C(=O)NC[C@H](O)c2sccc2C)cc1. The first-order valence-corrected chi connectivity index (χ1v) is 8.30. The maximum Gasteiger partial charge on any atom is 0.337 e. The van der Waals surface area contributed by atoms with Gasteiger partial charge in [-0.2, -0.15) is 0 Å². The van der Waals surface area contributed by atoms with Crippen molar-refractivity contribution in [3.8, 4) is 0 Å². The topological polar surface area (TPSA) is 105 Å². The van der Waals surface area contributed by atoms with Crippen molar-refractivity contribution in [2.24, 2.45) is 0 Å². The number of hydrogen-bond acceptors (Lipinski definition) is 6. The third-order valence-corrected chi connectivity index (χ3v) is 4.55. The van der Waals surface area contributed by atoms with Crippen LogP contribution in [0.1, 0.15) is 26.9 Å². The van der Waals surface area contributed by atoms with Crippen LogP contribution in [0.4, 0.5) is 5.69 Å². The van der Waals surface area contributed by atoms with Crippen LogP contribution in [0.15, 0.2) is 35.7 Å². The van der Waals surface area contributed by atoms with E-state index in [2.05, 4.69) is 15.4 Å². The Morgan fingerprint density at radius 2 is 1.84 bits per heavy atom. The molecule has 7 nitrogen and oxygen atoms in total. The van der Waals surface area contributed by atoms with E-state index in [9.17, 15) is 19.5 Å². The van der Waals surface area contributed by atoms with Crippen LogP contribution in [-0.2, 0) is 14.3 Å². The van der Waals surface area contributed by atoms with Gasteiger partial charge in [0.25, 0.3) is 0 Å². The molecule has 0 aliphatic carbocycles. The van der Waals surface area contributed by atoms with Crippen molar-refractivity contribution < 1.29 is 24.2 Å². The molecule has 0 bridgehead atoms. The van der Waals surface area contributed by atoms with E-state index < -0.39 is 23.9 Å². The standard InChI is InChI=1S/C17H18N2O5S/c1-10-7-8-25-14(10)13(20)9-18-15(21)16(22)19-12-5-3-11(4-6-12)17(23)24-2/h3-8,13,20H,9H2,1-2H3,(H,18,21)(H,19,22)/t13-/m0/s1. The third kappa shape index (κ3) is 4.88. The molecule has 1 aromatic heterocycles. The Labute approximate surface area is 148 Å². The second kappa shape index (κ2) is 8.41. The van der Waals surface area contributed by atoms with Gasteiger partial charge in [-0.3, -0.25) is 9.59 Å². The van der Waals surface area contributed by atoms with E-state index >= 15 is 0 Å². The Morgan fingerprint density at radius 1 is 1.16 bits per heavy atom. The van der Waals surface area contributed by atoms with E-state index in [0.29, 0.717) is 11.3 Å². The molecule has 0 radical (unpaired) electrons. The van der Waals surface area contributed by atoms with Gasteiger partial charge < -0.3 is 20.5 Å². The summed E-state index contributed by atoms with van der Waals surface area (Å²) < 4.78 is 4.58. The van der Waals surface area contributed by atoms with Gasteiger partial charge in [-0.1, -0.05) is 0 Å². The monoisotopic (exact) mass is 362 g/mol. The average Bonchev–Trinajstić information content (AvgIpc) is 3.05. The molecule has 1 heterocycles. The third-order valence-electron chi connectivity index (χ3n) is 3.43. The molecule has 0 aliphatic rings. The molecule has 1 aromatic carbocycles. The van der Waals surface area contributed by atoms with Crippen molar-refractivity contribution in [2.75, 3.05) is 19.0 Å². The van der Waals surface area contributed by atoms with Crippen LogP contribution >= 0.6 is 11.3 Å². The molecule has 25 heavy (non-hydrogen) atoms. The van der Waals surface area contributed by atoms with Crippen LogP contribution in [0.5, 0.6) is 0 Å². The number of benzene rings is 1. The fraction of sp³-hybridized carbons (Fsp3) is 0.235. The minimum Gasteiger partial charge on any atom is -0.465 e. The maximum absolute atomic E-state index is 11.9. The molecule has 132 valence electrons. The Balaban J connectivity index is 1.87. The first-order chi connectivity index (χ1) is 11.9. The summed E-state index contributed by atoms with van der Waals surface area (Å²) in [6.45, 7) is 1.80. The van der Waals surface area contributed by atoms with Crippen molar-refractivity contribution >= 4 is 34.8 Å². The van der Waals surface area contributed by atoms with Crippen LogP contribution in [0.3, 0.4) is 0 Å². The molecule has 3 N–H and O–H groups in total. The normalized spacial score (nSPS) is 11.5. The van der Waals surface area contributed by atoms with Crippen molar-refractivity contribution in [2.45, 2.75) is 13.0 Å². The van der Waals surface area contributed by atoms with E-state index in [0.717, 1.165) is 10.4 Å². The van der Waals surface area contributed by atoms with Gasteiger partial charge in [-0.25, -0.2) is 4.79 Å². The number of amides is 2. The summed E-state index contributed by atoms with van der Waals surface area (Å²) in [4.78, 5) is 35.8. The number of anilines is 1. The molecule has 2 rings (SSSR count). The minimum atomic E-state index is -0.865. The Kier molecular flexibility index (Phi) is 6.26. The zero-order valence-corrected chi connectivity index (χ0v) is 14.6. The summed E-state index contributed by atoms with van der Waals surface area (Å²) in [6, 6.07) is 7.80. The predicted molar refractivity (Wildman–Crippen MR) is 93.4 cm³/mol. The largest absolute Gasteiger partial charge is 0.465 e. The van der Waals surface area contributed by atoms with Crippen molar-refractivity contribution in [1.82, 2.24) is 5.32 Å². The van der Waals surface area contributed by atoms with E-state index in [1.807, 2.05) is 18.4 Å². The van der Waals surface area contributed by atoms with E-state index in [-0.39, 0.29) is 6.54 Å². The summed E-state index contributed by atoms with van der Waals surface area (Å²) in [5.41, 5.74) is 1.63. The molecule has 1 atom stereocenters. The van der Waals surface area contributed by atoms with Crippen molar-refractivity contribution in [3.63, 3.8) is 0 Å². The average molecular weight is 362 g/mol. The number of ether oxygens (including phenoxy) is 1. The smallest absolute Gasteiger partial charge is 0.337 e. The van der Waals surface area contributed by atoms with Gasteiger partial charge >= 0.3 is 17.8 Å². The number of thiophene rings is 1. The van der Waals surface area contributed by atoms with Crippen molar-refractivity contribution in [1.29, 1.82) is 0 Å². The second-order valence-corrected chi connectivity index (χ2v) is 6.16. The lowest BCUT2D eigenvalue weighted by atomic mass is 10.2. The van der Waals surface area contributed by atoms with Crippen LogP contribution in [-0.4, -0.2) is 36.5 Å². The first kappa shape index (κ1) is 18.6. The number of rotatable bonds is 5. The second-order valence-electron chi connectivity index (χ2n) is 5.22. The van der Waals surface area contributed by atoms with Gasteiger partial charge in [0.05, 0.1) is 12.7 Å². The Morgan fingerprint density at radius 3 is 2.40 bits per heavy atom. The highest BCUT2D eigenvalue weighted by molar-refractivity contribution is 7.10. The maximum atomic E-state index is 11.9. The fourth-order valence-electron chi connectivity index (χ4n) is 2.08. The number of aryl methyl sites for hydroxylation is 1. The highest BCUT2D eigenvalue weighted by Crippen LogP contribution is 2.23. The zero-order valence-electron chi connectivity index (χ0n) is 13.7. The molecule has 0 aliphatic heterocycles. The number of carbonyl (C=O) groups excluding carboxylic acids is 3. The molecule has 0 saturated heterocycles. The van der Waals surface area contributed by atoms with Gasteiger partial charge in [0.1, 0.15) is 6.10 Å². The highest BCUT2D eigenvalue weighted by atomic mass is 32.1. The summed E-state index contributed by atoms with van der Waals surface area (Å²) in [5.74, 6) is -2.21. The number of aliphatic hydroxyl groups is 1. The molecule has 0 unspecified atom stereocenters. The summed E-state index contributed by atoms with van der Waals surface area (Å²) in [5, 5.41) is 16.7. The Hall–Kier alpha value is -2.71. The van der Waals surface area contributed by atoms with Crippen LogP contribution in [0, 0.1) is 6.92 Å². The van der Waals surface area contributed by atoms with Gasteiger partial charge in [0.2, 0.25) is 0 Å². The number of carbonyl (C=O) groups is 3. The zero-order chi connectivity index (χ0) is 18.4. The van der Waals surface area contributed by atoms with E-state index in [1.54, 1.807) is 0 Å². The molecule has 2 aromatic rings. The molecule has 0 saturated carbocycles. The lowest BCUT2D eigenvalue weighted by Crippen LogP contribution is -2.37. The number of aliphatic hydroxyl groups excluding tert-OH is 1. The van der Waals surface area contributed by atoms with Crippen molar-refractivity contribution in [3.05, 3.63) is 51.7 Å². The number of hydrogen-bond donors (Lipinski definition) is 3. The molecular weight excluding hydrogens is 344 g/mol. The van der Waals surface area contributed by atoms with E-state index in [4.69, 9.17) is 0 Å². The summed E-state index contributed by atoms with van der Waals surface area (Å²) in [6.07, 6.45) is -0.865. The molecular formula is C17H18N2O5S. The van der Waals surface area contributed by atoms with Crippen LogP contribution < -0.4 is 10.6 Å². The number of methoxy groups -OCH3 is 1. The Bertz CT molecular complexity index is 770. The van der Waals surface area contributed by atoms with Gasteiger partial charge in [-0.15, -0.1) is 11.3 Å². The molecule has 0 fully saturated rings. The van der Waals surface area contributed by atoms with Crippen LogP contribution in [0.25, 0.3) is 0 Å². The lowest BCUT2D eigenvalue weighted by Gasteiger charge is -2.11. The number of esters is 1. The van der Waals surface area contributed by atoms with Gasteiger partial charge in [0.15, 0.2) is 0 Å². The number of nitrogens with one attached hydrogen (secondary N) is 2. The van der Waals surface area contributed by atoms with Gasteiger partial charge in [-0.05, 0) is 48.2 Å². The lowest BCUT2D eigenvalue weighted by molar-refractivity contribution is -0.136. The fourth-order valence-corrected chi connectivity index (χ4v) is 3.00. The predicted octanol–water partition coefficient (Wildman–Crippen LogP) is 1.63. The van der Waals surface area contributed by atoms with Crippen LogP contribution in [0.2, 0.25) is 0 Å². The molecule has 2 amide bonds. The molecule has 8 heteroatoms. The molecule has 0 spiro atoms. The summed E-state index contributed by atoms with van der Waals surface area (Å²) >= 11 is 1.39. The minimum absolute atomic E-state index is 0.0606. The quantitative estimate of drug-likeness (QED) is 0.554. The van der Waals surface area contributed by atoms with E-state index in [1.165, 1.54) is 42.7 Å². The highest BCUT2D eigenvalue weighted by Gasteiger charge is 2.17.